The number of hydrogen-bond donors (Lipinski definition) is 2. The highest BCUT2D eigenvalue weighted by Crippen LogP contribution is 2.32. The van der Waals surface area contributed by atoms with Gasteiger partial charge in [0, 0.05) is 33.7 Å². The number of carbonyl (C=O) groups excluding carboxylic acids is 1. The summed E-state index contributed by atoms with van der Waals surface area (Å²) in [6.07, 6.45) is 5.69. The van der Waals surface area contributed by atoms with E-state index in [1.54, 1.807) is 18.0 Å². The minimum Gasteiger partial charge on any atom is -0.351 e. The van der Waals surface area contributed by atoms with E-state index in [1.807, 2.05) is 66.4 Å². The van der Waals surface area contributed by atoms with Crippen LogP contribution in [-0.2, 0) is 0 Å². The van der Waals surface area contributed by atoms with Gasteiger partial charge in [-0.2, -0.15) is 16.9 Å². The molecule has 0 aliphatic rings. The van der Waals surface area contributed by atoms with Crippen molar-refractivity contribution in [1.29, 1.82) is 0 Å². The van der Waals surface area contributed by atoms with Gasteiger partial charge in [0.25, 0.3) is 5.91 Å². The number of amides is 1. The van der Waals surface area contributed by atoms with E-state index in [4.69, 9.17) is 0 Å². The molecule has 0 saturated carbocycles. The van der Waals surface area contributed by atoms with Gasteiger partial charge in [-0.3, -0.25) is 14.9 Å². The fraction of sp³-hybridized carbons (Fsp3) is 0.160. The number of aromatic amines is 1. The standard InChI is InChI=1S/C25H24N4OS2/c1-2-31-16-15-27-25(30)21-8-3-4-9-24(21)32-19-11-12-20-22(28-29-23(20)17-19)13-10-18-7-5-6-14-26-18/h3-14,17H,2,15-16H2,1H3,(H,27,30)(H,28,29)/b13-10+. The van der Waals surface area contributed by atoms with E-state index in [2.05, 4.69) is 45.6 Å². The second-order valence-electron chi connectivity index (χ2n) is 6.96. The highest BCUT2D eigenvalue weighted by molar-refractivity contribution is 7.99. The van der Waals surface area contributed by atoms with Crippen molar-refractivity contribution < 1.29 is 4.79 Å². The second-order valence-corrected chi connectivity index (χ2v) is 9.46. The zero-order valence-electron chi connectivity index (χ0n) is 17.7. The number of aromatic nitrogens is 3. The molecule has 0 saturated heterocycles. The molecule has 2 heterocycles. The number of H-pyrrole nitrogens is 1. The Kier molecular flexibility index (Phi) is 7.64. The van der Waals surface area contributed by atoms with Gasteiger partial charge in [-0.25, -0.2) is 0 Å². The lowest BCUT2D eigenvalue weighted by Gasteiger charge is -2.10. The van der Waals surface area contributed by atoms with Gasteiger partial charge < -0.3 is 5.32 Å². The first kappa shape index (κ1) is 22.2. The van der Waals surface area contributed by atoms with E-state index < -0.39 is 0 Å². The lowest BCUT2D eigenvalue weighted by molar-refractivity contribution is 0.0953. The lowest BCUT2D eigenvalue weighted by Crippen LogP contribution is -2.26. The second kappa shape index (κ2) is 11.0. The van der Waals surface area contributed by atoms with Crippen LogP contribution < -0.4 is 5.32 Å². The lowest BCUT2D eigenvalue weighted by atomic mass is 10.2. The molecule has 7 heteroatoms. The Morgan fingerprint density at radius 1 is 1.09 bits per heavy atom. The summed E-state index contributed by atoms with van der Waals surface area (Å²) in [6, 6.07) is 19.7. The third kappa shape index (κ3) is 5.60. The number of nitrogens with zero attached hydrogens (tertiary/aromatic N) is 2. The van der Waals surface area contributed by atoms with Crippen LogP contribution in [0.3, 0.4) is 0 Å². The Hall–Kier alpha value is -3.03. The average molecular weight is 461 g/mol. The van der Waals surface area contributed by atoms with Crippen LogP contribution in [-0.4, -0.2) is 39.1 Å². The van der Waals surface area contributed by atoms with Crippen LogP contribution in [0.15, 0.2) is 76.7 Å². The van der Waals surface area contributed by atoms with Crippen molar-refractivity contribution in [3.8, 4) is 0 Å². The molecule has 4 rings (SSSR count). The SMILES string of the molecule is CCSCCNC(=O)c1ccccc1Sc1ccc2c(/C=C/c3ccccn3)n[nH]c2c1. The van der Waals surface area contributed by atoms with Crippen LogP contribution in [0, 0.1) is 0 Å². The van der Waals surface area contributed by atoms with Crippen molar-refractivity contribution in [3.05, 3.63) is 83.8 Å². The number of benzene rings is 2. The molecule has 0 radical (unpaired) electrons. The minimum absolute atomic E-state index is 0.0330. The quantitative estimate of drug-likeness (QED) is 0.311. The predicted molar refractivity (Wildman–Crippen MR) is 135 cm³/mol. The normalized spacial score (nSPS) is 11.3. The molecule has 32 heavy (non-hydrogen) atoms. The van der Waals surface area contributed by atoms with E-state index in [0.29, 0.717) is 12.1 Å². The maximum absolute atomic E-state index is 12.7. The summed E-state index contributed by atoms with van der Waals surface area (Å²) in [6.45, 7) is 2.79. The molecular weight excluding hydrogens is 436 g/mol. The third-order valence-corrected chi connectivity index (χ3v) is 6.73. The zero-order chi connectivity index (χ0) is 22.2. The predicted octanol–water partition coefficient (Wildman–Crippen LogP) is 5.76. The molecule has 0 bridgehead atoms. The highest BCUT2D eigenvalue weighted by atomic mass is 32.2. The van der Waals surface area contributed by atoms with E-state index in [1.165, 1.54) is 0 Å². The van der Waals surface area contributed by atoms with Crippen LogP contribution in [0.5, 0.6) is 0 Å². The molecule has 0 aliphatic carbocycles. The third-order valence-electron chi connectivity index (χ3n) is 4.76. The molecule has 0 aliphatic heterocycles. The Bertz CT molecular complexity index is 1220. The molecular formula is C25H24N4OS2. The maximum atomic E-state index is 12.7. The molecule has 2 aromatic carbocycles. The van der Waals surface area contributed by atoms with Crippen molar-refractivity contribution in [2.75, 3.05) is 18.1 Å². The largest absolute Gasteiger partial charge is 0.351 e. The average Bonchev–Trinajstić information content (AvgIpc) is 3.23. The number of carbonyl (C=O) groups is 1. The summed E-state index contributed by atoms with van der Waals surface area (Å²) in [5, 5.41) is 11.6. The summed E-state index contributed by atoms with van der Waals surface area (Å²) in [7, 11) is 0. The number of fused-ring (bicyclic) bond motifs is 1. The van der Waals surface area contributed by atoms with Gasteiger partial charge in [0.05, 0.1) is 22.5 Å². The van der Waals surface area contributed by atoms with Crippen LogP contribution >= 0.6 is 23.5 Å². The molecule has 2 aromatic heterocycles. The fourth-order valence-electron chi connectivity index (χ4n) is 3.20. The van der Waals surface area contributed by atoms with Crippen LogP contribution in [0.1, 0.15) is 28.7 Å². The van der Waals surface area contributed by atoms with Crippen molar-refractivity contribution >= 4 is 52.5 Å². The molecule has 0 unspecified atom stereocenters. The van der Waals surface area contributed by atoms with Gasteiger partial charge in [-0.05, 0) is 60.4 Å². The number of rotatable bonds is 9. The number of nitrogens with one attached hydrogen (secondary N) is 2. The van der Waals surface area contributed by atoms with Gasteiger partial charge in [0.1, 0.15) is 0 Å². The van der Waals surface area contributed by atoms with E-state index >= 15 is 0 Å². The van der Waals surface area contributed by atoms with Crippen LogP contribution in [0.2, 0.25) is 0 Å². The Labute approximate surface area is 196 Å². The molecule has 5 nitrogen and oxygen atoms in total. The van der Waals surface area contributed by atoms with E-state index in [0.717, 1.165) is 43.6 Å². The molecule has 0 atom stereocenters. The molecule has 162 valence electrons. The van der Waals surface area contributed by atoms with Gasteiger partial charge in [-0.1, -0.05) is 36.9 Å². The first-order valence-electron chi connectivity index (χ1n) is 10.4. The number of hydrogen-bond acceptors (Lipinski definition) is 5. The number of thioether (sulfide) groups is 1. The Morgan fingerprint density at radius 2 is 1.97 bits per heavy atom. The van der Waals surface area contributed by atoms with Crippen molar-refractivity contribution in [2.45, 2.75) is 16.7 Å². The number of pyridine rings is 1. The fourth-order valence-corrected chi connectivity index (χ4v) is 4.71. The van der Waals surface area contributed by atoms with E-state index in [-0.39, 0.29) is 5.91 Å². The summed E-state index contributed by atoms with van der Waals surface area (Å²) >= 11 is 3.40. The highest BCUT2D eigenvalue weighted by Gasteiger charge is 2.12. The van der Waals surface area contributed by atoms with Gasteiger partial charge in [0.2, 0.25) is 0 Å². The summed E-state index contributed by atoms with van der Waals surface area (Å²) in [5.74, 6) is 1.94. The monoisotopic (exact) mass is 460 g/mol. The smallest absolute Gasteiger partial charge is 0.252 e. The van der Waals surface area contributed by atoms with Crippen molar-refractivity contribution in [1.82, 2.24) is 20.5 Å². The van der Waals surface area contributed by atoms with Gasteiger partial charge in [0.15, 0.2) is 0 Å². The van der Waals surface area contributed by atoms with Gasteiger partial charge in [-0.15, -0.1) is 0 Å². The molecule has 1 amide bonds. The van der Waals surface area contributed by atoms with Crippen LogP contribution in [0.25, 0.3) is 23.1 Å². The molecule has 2 N–H and O–H groups in total. The summed E-state index contributed by atoms with van der Waals surface area (Å²) < 4.78 is 0. The topological polar surface area (TPSA) is 70.7 Å². The first-order chi connectivity index (χ1) is 15.7. The molecule has 0 fully saturated rings. The van der Waals surface area contributed by atoms with Gasteiger partial charge >= 0.3 is 0 Å². The van der Waals surface area contributed by atoms with Crippen molar-refractivity contribution in [2.24, 2.45) is 0 Å². The van der Waals surface area contributed by atoms with Crippen LogP contribution in [0.4, 0.5) is 0 Å². The molecule has 0 spiro atoms. The zero-order valence-corrected chi connectivity index (χ0v) is 19.4. The molecule has 4 aromatic rings. The first-order valence-corrected chi connectivity index (χ1v) is 12.4. The maximum Gasteiger partial charge on any atom is 0.252 e. The minimum atomic E-state index is -0.0330. The Balaban J connectivity index is 1.50. The summed E-state index contributed by atoms with van der Waals surface area (Å²) in [5.41, 5.74) is 3.41. The van der Waals surface area contributed by atoms with E-state index in [9.17, 15) is 4.79 Å². The van der Waals surface area contributed by atoms with Crippen molar-refractivity contribution in [3.63, 3.8) is 0 Å². The Morgan fingerprint density at radius 3 is 2.81 bits per heavy atom. The summed E-state index contributed by atoms with van der Waals surface area (Å²) in [4.78, 5) is 18.9.